The minimum atomic E-state index is -0.535. The molecule has 1 aromatic carbocycles. The summed E-state index contributed by atoms with van der Waals surface area (Å²) in [6.45, 7) is -0.0660. The topological polar surface area (TPSA) is 90.8 Å². The van der Waals surface area contributed by atoms with Crippen molar-refractivity contribution in [1.29, 1.82) is 0 Å². The van der Waals surface area contributed by atoms with Crippen LogP contribution in [0.1, 0.15) is 16.1 Å². The quantitative estimate of drug-likeness (QED) is 0.699. The van der Waals surface area contributed by atoms with Crippen molar-refractivity contribution >= 4 is 11.9 Å². The van der Waals surface area contributed by atoms with Crippen LogP contribution in [-0.2, 0) is 16.1 Å². The summed E-state index contributed by atoms with van der Waals surface area (Å²) in [7, 11) is 4.34. The van der Waals surface area contributed by atoms with Crippen LogP contribution >= 0.6 is 0 Å². The molecule has 1 aromatic heterocycles. The van der Waals surface area contributed by atoms with Crippen molar-refractivity contribution in [3.63, 3.8) is 0 Å². The zero-order valence-corrected chi connectivity index (χ0v) is 14.3. The summed E-state index contributed by atoms with van der Waals surface area (Å²) in [5.41, 5.74) is 0.874. The largest absolute Gasteiger partial charge is 0.497 e. The molecule has 0 saturated heterocycles. The van der Waals surface area contributed by atoms with Gasteiger partial charge in [0.1, 0.15) is 23.7 Å². The molecule has 0 aliphatic rings. The fraction of sp³-hybridized carbons (Fsp3) is 0.294. The molecule has 2 aromatic rings. The molecule has 132 valence electrons. The Kier molecular flexibility index (Phi) is 6.27. The highest BCUT2D eigenvalue weighted by molar-refractivity contribution is 5.94. The standard InChI is InChI=1S/C17H19N3O5/c1-23-13-6-12(7-14(8-13)24-2)10-20(11-16(21)25-3)17(22)15-9-18-4-5-19-15/h4-9H,10-11H2,1-3H3. The molecule has 0 unspecified atom stereocenters. The number of nitrogens with zero attached hydrogens (tertiary/aromatic N) is 3. The Morgan fingerprint density at radius 2 is 1.72 bits per heavy atom. The molecule has 0 atom stereocenters. The number of amides is 1. The number of aromatic nitrogens is 2. The van der Waals surface area contributed by atoms with Gasteiger partial charge in [0.25, 0.3) is 5.91 Å². The number of esters is 1. The molecule has 0 fully saturated rings. The number of rotatable bonds is 7. The third-order valence-corrected chi connectivity index (χ3v) is 3.40. The van der Waals surface area contributed by atoms with E-state index < -0.39 is 11.9 Å². The van der Waals surface area contributed by atoms with Gasteiger partial charge >= 0.3 is 5.97 Å². The molecular formula is C17H19N3O5. The molecule has 0 aliphatic heterocycles. The highest BCUT2D eigenvalue weighted by atomic mass is 16.5. The summed E-state index contributed by atoms with van der Waals surface area (Å²) in [6, 6.07) is 5.24. The number of carbonyl (C=O) groups excluding carboxylic acids is 2. The SMILES string of the molecule is COC(=O)CN(Cc1cc(OC)cc(OC)c1)C(=O)c1cnccn1. The first-order chi connectivity index (χ1) is 12.1. The molecule has 2 rings (SSSR count). The van der Waals surface area contributed by atoms with E-state index in [4.69, 9.17) is 9.47 Å². The fourth-order valence-electron chi connectivity index (χ4n) is 2.17. The number of hydrogen-bond donors (Lipinski definition) is 0. The molecule has 0 saturated carbocycles. The van der Waals surface area contributed by atoms with Gasteiger partial charge in [-0.1, -0.05) is 0 Å². The fourth-order valence-corrected chi connectivity index (χ4v) is 2.17. The highest BCUT2D eigenvalue weighted by Crippen LogP contribution is 2.23. The summed E-state index contributed by atoms with van der Waals surface area (Å²) in [5, 5.41) is 0. The average molecular weight is 345 g/mol. The molecule has 0 N–H and O–H groups in total. The Morgan fingerprint density at radius 1 is 1.04 bits per heavy atom. The Morgan fingerprint density at radius 3 is 2.24 bits per heavy atom. The Bertz CT molecular complexity index is 714. The Labute approximate surface area is 145 Å². The maximum absolute atomic E-state index is 12.7. The molecule has 25 heavy (non-hydrogen) atoms. The molecule has 0 aliphatic carbocycles. The van der Waals surface area contributed by atoms with Gasteiger partial charge in [0, 0.05) is 25.0 Å². The summed E-state index contributed by atoms with van der Waals surface area (Å²) in [5.74, 6) is 0.200. The first kappa shape index (κ1) is 18.2. The average Bonchev–Trinajstić information content (AvgIpc) is 2.66. The monoisotopic (exact) mass is 345 g/mol. The molecule has 0 radical (unpaired) electrons. The van der Waals surface area contributed by atoms with E-state index in [1.54, 1.807) is 18.2 Å². The van der Waals surface area contributed by atoms with Gasteiger partial charge in [0.2, 0.25) is 0 Å². The lowest BCUT2D eigenvalue weighted by molar-refractivity contribution is -0.141. The number of ether oxygens (including phenoxy) is 3. The van der Waals surface area contributed by atoms with E-state index >= 15 is 0 Å². The van der Waals surface area contributed by atoms with Crippen molar-refractivity contribution in [2.45, 2.75) is 6.54 Å². The van der Waals surface area contributed by atoms with Crippen LogP contribution < -0.4 is 9.47 Å². The van der Waals surface area contributed by atoms with Crippen molar-refractivity contribution in [1.82, 2.24) is 14.9 Å². The maximum Gasteiger partial charge on any atom is 0.325 e. The lowest BCUT2D eigenvalue weighted by Crippen LogP contribution is -2.36. The van der Waals surface area contributed by atoms with Gasteiger partial charge in [-0.15, -0.1) is 0 Å². The van der Waals surface area contributed by atoms with E-state index in [0.717, 1.165) is 5.56 Å². The predicted molar refractivity (Wildman–Crippen MR) is 88.3 cm³/mol. The normalized spacial score (nSPS) is 10.0. The smallest absolute Gasteiger partial charge is 0.325 e. The Balaban J connectivity index is 2.30. The molecule has 1 amide bonds. The molecule has 1 heterocycles. The minimum absolute atomic E-state index is 0.140. The van der Waals surface area contributed by atoms with Crippen molar-refractivity contribution < 1.29 is 23.8 Å². The van der Waals surface area contributed by atoms with Gasteiger partial charge in [-0.05, 0) is 17.7 Å². The van der Waals surface area contributed by atoms with E-state index in [-0.39, 0.29) is 18.8 Å². The van der Waals surface area contributed by atoms with Crippen molar-refractivity contribution in [3.05, 3.63) is 48.0 Å². The summed E-state index contributed by atoms with van der Waals surface area (Å²) in [4.78, 5) is 33.5. The van der Waals surface area contributed by atoms with Gasteiger partial charge in [-0.3, -0.25) is 14.6 Å². The predicted octanol–water partition coefficient (Wildman–Crippen LogP) is 1.31. The number of carbonyl (C=O) groups is 2. The summed E-state index contributed by atoms with van der Waals surface area (Å²) >= 11 is 0. The highest BCUT2D eigenvalue weighted by Gasteiger charge is 2.21. The molecule has 0 bridgehead atoms. The molecule has 8 nitrogen and oxygen atoms in total. The third-order valence-electron chi connectivity index (χ3n) is 3.40. The van der Waals surface area contributed by atoms with Crippen LogP contribution in [0, 0.1) is 0 Å². The number of methoxy groups -OCH3 is 3. The molecule has 0 spiro atoms. The third kappa shape index (κ3) is 4.90. The van der Waals surface area contributed by atoms with Gasteiger partial charge in [0.05, 0.1) is 27.5 Å². The molecule has 8 heteroatoms. The summed E-state index contributed by atoms with van der Waals surface area (Å²) < 4.78 is 15.1. The Hall–Kier alpha value is -3.16. The second kappa shape index (κ2) is 8.62. The first-order valence-electron chi connectivity index (χ1n) is 7.41. The van der Waals surface area contributed by atoms with Gasteiger partial charge in [-0.25, -0.2) is 4.98 Å². The van der Waals surface area contributed by atoms with Gasteiger partial charge in [-0.2, -0.15) is 0 Å². The van der Waals surface area contributed by atoms with Crippen LogP contribution in [0.5, 0.6) is 11.5 Å². The molecular weight excluding hydrogens is 326 g/mol. The van der Waals surface area contributed by atoms with Crippen LogP contribution in [0.25, 0.3) is 0 Å². The van der Waals surface area contributed by atoms with Crippen molar-refractivity contribution in [2.75, 3.05) is 27.9 Å². The lowest BCUT2D eigenvalue weighted by atomic mass is 10.1. The van der Waals surface area contributed by atoms with Crippen molar-refractivity contribution in [2.24, 2.45) is 0 Å². The van der Waals surface area contributed by atoms with E-state index in [1.807, 2.05) is 0 Å². The van der Waals surface area contributed by atoms with Gasteiger partial charge in [0.15, 0.2) is 0 Å². The maximum atomic E-state index is 12.7. The minimum Gasteiger partial charge on any atom is -0.497 e. The van der Waals surface area contributed by atoms with Gasteiger partial charge < -0.3 is 19.1 Å². The summed E-state index contributed by atoms with van der Waals surface area (Å²) in [6.07, 6.45) is 4.23. The second-order valence-corrected chi connectivity index (χ2v) is 5.05. The van der Waals surface area contributed by atoms with Crippen LogP contribution in [-0.4, -0.2) is 54.6 Å². The second-order valence-electron chi connectivity index (χ2n) is 5.05. The number of benzene rings is 1. The zero-order valence-electron chi connectivity index (χ0n) is 14.3. The lowest BCUT2D eigenvalue weighted by Gasteiger charge is -2.21. The van der Waals surface area contributed by atoms with Crippen molar-refractivity contribution in [3.8, 4) is 11.5 Å². The van der Waals surface area contributed by atoms with E-state index in [9.17, 15) is 9.59 Å². The number of hydrogen-bond acceptors (Lipinski definition) is 7. The van der Waals surface area contributed by atoms with E-state index in [1.165, 1.54) is 44.8 Å². The zero-order chi connectivity index (χ0) is 18.2. The van der Waals surface area contributed by atoms with E-state index in [2.05, 4.69) is 14.7 Å². The van der Waals surface area contributed by atoms with Crippen LogP contribution in [0.3, 0.4) is 0 Å². The van der Waals surface area contributed by atoms with Crippen LogP contribution in [0.2, 0.25) is 0 Å². The van der Waals surface area contributed by atoms with Crippen LogP contribution in [0.4, 0.5) is 0 Å². The van der Waals surface area contributed by atoms with Crippen LogP contribution in [0.15, 0.2) is 36.8 Å². The van der Waals surface area contributed by atoms with E-state index in [0.29, 0.717) is 11.5 Å². The first-order valence-corrected chi connectivity index (χ1v) is 7.41.